The molecule has 5 heteroatoms. The molecule has 0 aromatic rings. The van der Waals surface area contributed by atoms with Crippen molar-refractivity contribution in [3.05, 3.63) is 0 Å². The summed E-state index contributed by atoms with van der Waals surface area (Å²) in [6.45, 7) is 0.518. The van der Waals surface area contributed by atoms with Crippen molar-refractivity contribution in [1.29, 1.82) is 0 Å². The quantitative estimate of drug-likeness (QED) is 0.579. The molecule has 0 aromatic heterocycles. The fraction of sp³-hybridized carbons (Fsp3) is 1.00. The van der Waals surface area contributed by atoms with Crippen LogP contribution in [0.4, 0.5) is 0 Å². The van der Waals surface area contributed by atoms with Crippen LogP contribution in [0.1, 0.15) is 13.8 Å². The highest BCUT2D eigenvalue weighted by molar-refractivity contribution is 9.09. The Morgan fingerprint density at radius 3 is 2.30 bits per heavy atom. The number of rotatable bonds is 4. The van der Waals surface area contributed by atoms with Gasteiger partial charge < -0.3 is 0 Å². The molecule has 10 heavy (non-hydrogen) atoms. The lowest BCUT2D eigenvalue weighted by molar-refractivity contribution is 0.587. The number of halogens is 1. The summed E-state index contributed by atoms with van der Waals surface area (Å²) in [6, 6.07) is 0. The molecule has 0 rings (SSSR count). The minimum absolute atomic E-state index is 0. The number of alkyl halides is 1. The molecule has 0 bridgehead atoms. The summed E-state index contributed by atoms with van der Waals surface area (Å²) in [5, 5.41) is 0.829. The van der Waals surface area contributed by atoms with Gasteiger partial charge in [-0.2, -0.15) is 0 Å². The van der Waals surface area contributed by atoms with E-state index in [-0.39, 0.29) is 7.43 Å². The molecular weight excluding hydrogens is 218 g/mol. The average molecular weight is 232 g/mol. The molecule has 0 saturated heterocycles. The van der Waals surface area contributed by atoms with Gasteiger partial charge in [0.25, 0.3) is 0 Å². The highest BCUT2D eigenvalue weighted by Gasteiger charge is 1.96. The van der Waals surface area contributed by atoms with E-state index in [1.165, 1.54) is 0 Å². The molecule has 0 amide bonds. The maximum Gasteiger partial charge on any atom is 0.208 e. The number of nitrogens with one attached hydrogen (secondary N) is 1. The van der Waals surface area contributed by atoms with Gasteiger partial charge in [0, 0.05) is 11.9 Å². The summed E-state index contributed by atoms with van der Waals surface area (Å²) in [5.41, 5.74) is 0. The molecule has 1 N–H and O–H groups in total. The third kappa shape index (κ3) is 11.2. The second kappa shape index (κ2) is 6.12. The van der Waals surface area contributed by atoms with Crippen LogP contribution in [0.3, 0.4) is 0 Å². The lowest BCUT2D eigenvalue weighted by atomic mass is 10.5. The van der Waals surface area contributed by atoms with Crippen molar-refractivity contribution >= 4 is 26.0 Å². The first kappa shape index (κ1) is 13.0. The largest absolute Gasteiger partial charge is 0.215 e. The Labute approximate surface area is 71.4 Å². The zero-order valence-electron chi connectivity index (χ0n) is 5.22. The summed E-state index contributed by atoms with van der Waals surface area (Å²) in [6.07, 6.45) is 1.98. The van der Waals surface area contributed by atoms with Gasteiger partial charge >= 0.3 is 0 Å². The van der Waals surface area contributed by atoms with Gasteiger partial charge in [0.1, 0.15) is 0 Å². The minimum atomic E-state index is -2.97. The maximum absolute atomic E-state index is 10.4. The van der Waals surface area contributed by atoms with Gasteiger partial charge in [-0.3, -0.25) is 0 Å². The van der Waals surface area contributed by atoms with Crippen LogP contribution in [0.5, 0.6) is 0 Å². The van der Waals surface area contributed by atoms with Gasteiger partial charge in [-0.15, -0.1) is 0 Å². The first-order valence-electron chi connectivity index (χ1n) is 2.57. The van der Waals surface area contributed by atoms with Gasteiger partial charge in [0.05, 0.1) is 6.26 Å². The third-order valence-electron chi connectivity index (χ3n) is 0.675. The van der Waals surface area contributed by atoms with E-state index >= 15 is 0 Å². The van der Waals surface area contributed by atoms with Crippen LogP contribution in [0.25, 0.3) is 0 Å². The van der Waals surface area contributed by atoms with Crippen LogP contribution in [-0.4, -0.2) is 26.5 Å². The Hall–Kier alpha value is 0.390. The van der Waals surface area contributed by atoms with E-state index in [1.807, 2.05) is 0 Å². The molecule has 0 aliphatic carbocycles. The molecule has 0 aromatic carbocycles. The summed E-state index contributed by atoms with van der Waals surface area (Å²) in [7, 11) is -2.97. The Morgan fingerprint density at radius 1 is 1.50 bits per heavy atom. The highest BCUT2D eigenvalue weighted by Crippen LogP contribution is 1.85. The van der Waals surface area contributed by atoms with Crippen molar-refractivity contribution in [3.63, 3.8) is 0 Å². The molecule has 0 radical (unpaired) electrons. The number of hydrogen-bond donors (Lipinski definition) is 1. The summed E-state index contributed by atoms with van der Waals surface area (Å²) >= 11 is 3.18. The van der Waals surface area contributed by atoms with E-state index in [2.05, 4.69) is 20.7 Å². The maximum atomic E-state index is 10.4. The van der Waals surface area contributed by atoms with Crippen molar-refractivity contribution in [2.24, 2.45) is 0 Å². The van der Waals surface area contributed by atoms with E-state index < -0.39 is 10.0 Å². The average Bonchev–Trinajstić information content (AvgIpc) is 1.63. The Kier molecular flexibility index (Phi) is 7.97. The molecule has 0 saturated carbocycles. The lowest BCUT2D eigenvalue weighted by Gasteiger charge is -1.97. The first-order chi connectivity index (χ1) is 4.06. The molecule has 0 aliphatic rings. The van der Waals surface area contributed by atoms with Crippen molar-refractivity contribution in [2.75, 3.05) is 18.1 Å². The SMILES string of the molecule is C.CS(=O)(=O)NCCCBr. The van der Waals surface area contributed by atoms with Crippen LogP contribution >= 0.6 is 15.9 Å². The number of sulfonamides is 1. The Bertz CT molecular complexity index is 155. The minimum Gasteiger partial charge on any atom is -0.215 e. The fourth-order valence-electron chi connectivity index (χ4n) is 0.324. The van der Waals surface area contributed by atoms with Gasteiger partial charge in [0.15, 0.2) is 0 Å². The van der Waals surface area contributed by atoms with Crippen molar-refractivity contribution in [3.8, 4) is 0 Å². The second-order valence-electron chi connectivity index (χ2n) is 1.71. The Balaban J connectivity index is 0. The topological polar surface area (TPSA) is 46.2 Å². The van der Waals surface area contributed by atoms with E-state index in [0.717, 1.165) is 18.0 Å². The molecule has 0 unspecified atom stereocenters. The molecule has 0 heterocycles. The Morgan fingerprint density at radius 2 is 2.00 bits per heavy atom. The predicted molar refractivity (Wildman–Crippen MR) is 48.0 cm³/mol. The van der Waals surface area contributed by atoms with E-state index in [1.54, 1.807) is 0 Å². The van der Waals surface area contributed by atoms with E-state index in [9.17, 15) is 8.42 Å². The number of hydrogen-bond acceptors (Lipinski definition) is 2. The molecule has 0 aliphatic heterocycles. The molecule has 0 fully saturated rings. The second-order valence-corrected chi connectivity index (χ2v) is 4.34. The van der Waals surface area contributed by atoms with Crippen LogP contribution in [-0.2, 0) is 10.0 Å². The zero-order valence-corrected chi connectivity index (χ0v) is 7.63. The van der Waals surface area contributed by atoms with Crippen LogP contribution in [0, 0.1) is 0 Å². The van der Waals surface area contributed by atoms with Crippen LogP contribution < -0.4 is 4.72 Å². The van der Waals surface area contributed by atoms with Gasteiger partial charge in [-0.1, -0.05) is 23.4 Å². The van der Waals surface area contributed by atoms with Crippen LogP contribution in [0.15, 0.2) is 0 Å². The third-order valence-corrected chi connectivity index (χ3v) is 1.96. The van der Waals surface area contributed by atoms with Gasteiger partial charge in [-0.25, -0.2) is 13.1 Å². The van der Waals surface area contributed by atoms with Crippen LogP contribution in [0.2, 0.25) is 0 Å². The molecule has 0 spiro atoms. The normalized spacial score (nSPS) is 10.6. The molecular formula is C5H14BrNO2S. The zero-order chi connectivity index (χ0) is 7.33. The predicted octanol–water partition coefficient (Wildman–Crippen LogP) is 0.957. The van der Waals surface area contributed by atoms with Gasteiger partial charge in [-0.05, 0) is 6.42 Å². The highest BCUT2D eigenvalue weighted by atomic mass is 79.9. The van der Waals surface area contributed by atoms with Crippen molar-refractivity contribution in [2.45, 2.75) is 13.8 Å². The summed E-state index contributed by atoms with van der Waals surface area (Å²) < 4.78 is 23.1. The standard InChI is InChI=1S/C4H10BrNO2S.CH4/c1-9(7,8)6-4-2-3-5;/h6H,2-4H2,1H3;1H4. The summed E-state index contributed by atoms with van der Waals surface area (Å²) in [4.78, 5) is 0. The fourth-order valence-corrected chi connectivity index (χ4v) is 1.12. The smallest absolute Gasteiger partial charge is 0.208 e. The lowest BCUT2D eigenvalue weighted by Crippen LogP contribution is -2.23. The molecule has 3 nitrogen and oxygen atoms in total. The van der Waals surface area contributed by atoms with Crippen molar-refractivity contribution in [1.82, 2.24) is 4.72 Å². The molecule has 64 valence electrons. The molecule has 0 atom stereocenters. The van der Waals surface area contributed by atoms with Crippen molar-refractivity contribution < 1.29 is 8.42 Å². The van der Waals surface area contributed by atoms with Gasteiger partial charge in [0.2, 0.25) is 10.0 Å². The van der Waals surface area contributed by atoms with E-state index in [0.29, 0.717) is 6.54 Å². The monoisotopic (exact) mass is 231 g/mol. The first-order valence-corrected chi connectivity index (χ1v) is 5.58. The summed E-state index contributed by atoms with van der Waals surface area (Å²) in [5.74, 6) is 0. The van der Waals surface area contributed by atoms with E-state index in [4.69, 9.17) is 0 Å².